The lowest BCUT2D eigenvalue weighted by Crippen LogP contribution is -2.48. The van der Waals surface area contributed by atoms with E-state index in [0.717, 1.165) is 36.6 Å². The molecule has 0 fully saturated rings. The summed E-state index contributed by atoms with van der Waals surface area (Å²) in [6.45, 7) is 5.70. The number of halogens is 2. The van der Waals surface area contributed by atoms with Gasteiger partial charge in [-0.25, -0.2) is 8.78 Å². The second-order valence-corrected chi connectivity index (χ2v) is 9.20. The van der Waals surface area contributed by atoms with Crippen LogP contribution < -0.4 is 10.6 Å². The van der Waals surface area contributed by atoms with Crippen LogP contribution in [0.3, 0.4) is 0 Å². The minimum atomic E-state index is -1.09. The molecule has 0 radical (unpaired) electrons. The maximum absolute atomic E-state index is 13.8. The van der Waals surface area contributed by atoms with Crippen molar-refractivity contribution >= 4 is 11.8 Å². The molecule has 0 aliphatic carbocycles. The summed E-state index contributed by atoms with van der Waals surface area (Å²) in [5.41, 5.74) is 1.29. The predicted octanol–water partition coefficient (Wildman–Crippen LogP) is 4.31. The molecule has 1 heterocycles. The molecule has 3 N–H and O–H groups in total. The SMILES string of the molecule is CCCN(CCC)C(=O)c1ccc(C(=O)NC(Cc2cc(F)cc(F)c2)C(O)CNCc2ccccc2)o1. The lowest BCUT2D eigenvalue weighted by atomic mass is 10.0. The maximum atomic E-state index is 13.8. The Morgan fingerprint density at radius 1 is 0.921 bits per heavy atom. The molecule has 0 saturated carbocycles. The Labute approximate surface area is 221 Å². The Bertz CT molecular complexity index is 1160. The highest BCUT2D eigenvalue weighted by molar-refractivity contribution is 5.95. The van der Waals surface area contributed by atoms with Crippen LogP contribution in [0.2, 0.25) is 0 Å². The standard InChI is InChI=1S/C29H35F2N3O4/c1-3-12-34(13-4-2)29(37)27-11-10-26(38-27)28(36)33-24(16-21-14-22(30)17-23(31)15-21)25(35)19-32-18-20-8-6-5-7-9-20/h5-11,14-15,17,24-25,32,35H,3-4,12-13,16,18-19H2,1-2H3,(H,33,36). The molecule has 0 aliphatic heterocycles. The summed E-state index contributed by atoms with van der Waals surface area (Å²) in [6, 6.07) is 14.6. The smallest absolute Gasteiger partial charge is 0.289 e. The number of aliphatic hydroxyl groups is 1. The average Bonchev–Trinajstić information content (AvgIpc) is 3.38. The Balaban J connectivity index is 1.72. The number of aliphatic hydroxyl groups excluding tert-OH is 1. The van der Waals surface area contributed by atoms with Gasteiger partial charge in [0, 0.05) is 32.2 Å². The molecule has 9 heteroatoms. The van der Waals surface area contributed by atoms with Crippen LogP contribution in [0.15, 0.2) is 65.1 Å². The molecule has 0 spiro atoms. The van der Waals surface area contributed by atoms with Crippen molar-refractivity contribution in [3.05, 3.63) is 94.9 Å². The molecule has 2 amide bonds. The number of carbonyl (C=O) groups is 2. The van der Waals surface area contributed by atoms with Gasteiger partial charge in [0.25, 0.3) is 11.8 Å². The van der Waals surface area contributed by atoms with Gasteiger partial charge in [-0.3, -0.25) is 9.59 Å². The lowest BCUT2D eigenvalue weighted by molar-refractivity contribution is 0.0714. The monoisotopic (exact) mass is 527 g/mol. The first-order valence-electron chi connectivity index (χ1n) is 12.9. The van der Waals surface area contributed by atoms with Crippen LogP contribution in [0, 0.1) is 11.6 Å². The van der Waals surface area contributed by atoms with Gasteiger partial charge >= 0.3 is 0 Å². The second kappa shape index (κ2) is 14.4. The molecular formula is C29H35F2N3O4. The zero-order valence-corrected chi connectivity index (χ0v) is 21.8. The normalized spacial score (nSPS) is 12.7. The molecular weight excluding hydrogens is 492 g/mol. The number of rotatable bonds is 14. The van der Waals surface area contributed by atoms with Gasteiger partial charge in [-0.15, -0.1) is 0 Å². The summed E-state index contributed by atoms with van der Waals surface area (Å²) in [5, 5.41) is 16.8. The van der Waals surface area contributed by atoms with E-state index in [2.05, 4.69) is 10.6 Å². The molecule has 0 bridgehead atoms. The predicted molar refractivity (Wildman–Crippen MR) is 141 cm³/mol. The van der Waals surface area contributed by atoms with Crippen LogP contribution in [-0.4, -0.2) is 53.6 Å². The first kappa shape index (κ1) is 29.0. The van der Waals surface area contributed by atoms with Gasteiger partial charge in [0.15, 0.2) is 11.5 Å². The van der Waals surface area contributed by atoms with Crippen molar-refractivity contribution in [2.24, 2.45) is 0 Å². The zero-order chi connectivity index (χ0) is 27.5. The zero-order valence-electron chi connectivity index (χ0n) is 21.8. The Morgan fingerprint density at radius 2 is 1.55 bits per heavy atom. The number of amides is 2. The van der Waals surface area contributed by atoms with Crippen LogP contribution in [0.25, 0.3) is 0 Å². The fraction of sp³-hybridized carbons (Fsp3) is 0.379. The third-order valence-corrected chi connectivity index (χ3v) is 6.00. The summed E-state index contributed by atoms with van der Waals surface area (Å²) in [6.07, 6.45) is 0.466. The van der Waals surface area contributed by atoms with Crippen molar-refractivity contribution < 1.29 is 27.9 Å². The summed E-state index contributed by atoms with van der Waals surface area (Å²) >= 11 is 0. The first-order valence-corrected chi connectivity index (χ1v) is 12.9. The average molecular weight is 528 g/mol. The largest absolute Gasteiger partial charge is 0.446 e. The molecule has 7 nitrogen and oxygen atoms in total. The fourth-order valence-corrected chi connectivity index (χ4v) is 4.19. The topological polar surface area (TPSA) is 94.8 Å². The minimum absolute atomic E-state index is 0.0259. The third-order valence-electron chi connectivity index (χ3n) is 6.00. The highest BCUT2D eigenvalue weighted by atomic mass is 19.1. The van der Waals surface area contributed by atoms with Crippen molar-refractivity contribution in [2.45, 2.75) is 51.8 Å². The van der Waals surface area contributed by atoms with Gasteiger partial charge in [0.2, 0.25) is 0 Å². The van der Waals surface area contributed by atoms with Crippen molar-refractivity contribution in [1.29, 1.82) is 0 Å². The van der Waals surface area contributed by atoms with Gasteiger partial charge < -0.3 is 25.1 Å². The van der Waals surface area contributed by atoms with E-state index >= 15 is 0 Å². The molecule has 0 aliphatic rings. The van der Waals surface area contributed by atoms with E-state index in [0.29, 0.717) is 19.6 Å². The van der Waals surface area contributed by atoms with E-state index in [1.165, 1.54) is 12.1 Å². The Hall–Kier alpha value is -3.56. The van der Waals surface area contributed by atoms with Gasteiger partial charge in [-0.05, 0) is 54.7 Å². The molecule has 204 valence electrons. The van der Waals surface area contributed by atoms with E-state index in [1.807, 2.05) is 44.2 Å². The van der Waals surface area contributed by atoms with E-state index in [-0.39, 0.29) is 36.0 Å². The summed E-state index contributed by atoms with van der Waals surface area (Å²) in [7, 11) is 0. The second-order valence-electron chi connectivity index (χ2n) is 9.20. The van der Waals surface area contributed by atoms with Crippen molar-refractivity contribution in [3.8, 4) is 0 Å². The molecule has 3 rings (SSSR count). The molecule has 1 aromatic heterocycles. The van der Waals surface area contributed by atoms with Crippen molar-refractivity contribution in [3.63, 3.8) is 0 Å². The molecule has 38 heavy (non-hydrogen) atoms. The van der Waals surface area contributed by atoms with Crippen molar-refractivity contribution in [1.82, 2.24) is 15.5 Å². The quantitative estimate of drug-likeness (QED) is 0.290. The highest BCUT2D eigenvalue weighted by Gasteiger charge is 2.26. The number of nitrogens with zero attached hydrogens (tertiary/aromatic N) is 1. The molecule has 2 unspecified atom stereocenters. The van der Waals surface area contributed by atoms with Crippen LogP contribution in [0.1, 0.15) is 58.9 Å². The van der Waals surface area contributed by atoms with Gasteiger partial charge in [-0.2, -0.15) is 0 Å². The molecule has 0 saturated heterocycles. The van der Waals surface area contributed by atoms with Gasteiger partial charge in [0.05, 0.1) is 12.1 Å². The maximum Gasteiger partial charge on any atom is 0.289 e. The number of nitrogens with one attached hydrogen (secondary N) is 2. The number of hydrogen-bond donors (Lipinski definition) is 3. The van der Waals surface area contributed by atoms with E-state index in [1.54, 1.807) is 4.90 Å². The molecule has 2 aromatic carbocycles. The van der Waals surface area contributed by atoms with Crippen LogP contribution >= 0.6 is 0 Å². The Morgan fingerprint density at radius 3 is 2.18 bits per heavy atom. The third kappa shape index (κ3) is 8.49. The van der Waals surface area contributed by atoms with Crippen LogP contribution in [0.4, 0.5) is 8.78 Å². The number of hydrogen-bond acceptors (Lipinski definition) is 5. The van der Waals surface area contributed by atoms with E-state index < -0.39 is 29.7 Å². The lowest BCUT2D eigenvalue weighted by Gasteiger charge is -2.24. The number of furan rings is 1. The summed E-state index contributed by atoms with van der Waals surface area (Å²) in [5.74, 6) is -2.50. The first-order chi connectivity index (χ1) is 18.3. The van der Waals surface area contributed by atoms with Crippen LogP contribution in [-0.2, 0) is 13.0 Å². The molecule has 3 aromatic rings. The number of carbonyl (C=O) groups excluding carboxylic acids is 2. The van der Waals surface area contributed by atoms with Crippen LogP contribution in [0.5, 0.6) is 0 Å². The van der Waals surface area contributed by atoms with Gasteiger partial charge in [0.1, 0.15) is 11.6 Å². The van der Waals surface area contributed by atoms with E-state index in [9.17, 15) is 23.5 Å². The summed E-state index contributed by atoms with van der Waals surface area (Å²) in [4.78, 5) is 27.5. The molecule has 2 atom stereocenters. The van der Waals surface area contributed by atoms with Crippen molar-refractivity contribution in [2.75, 3.05) is 19.6 Å². The number of benzene rings is 2. The van der Waals surface area contributed by atoms with Gasteiger partial charge in [-0.1, -0.05) is 44.2 Å². The van der Waals surface area contributed by atoms with E-state index in [4.69, 9.17) is 4.42 Å². The fourth-order valence-electron chi connectivity index (χ4n) is 4.19. The highest BCUT2D eigenvalue weighted by Crippen LogP contribution is 2.15. The summed E-state index contributed by atoms with van der Waals surface area (Å²) < 4.78 is 33.2. The minimum Gasteiger partial charge on any atom is -0.446 e. The Kier molecular flexibility index (Phi) is 11.0.